The number of furan rings is 1. The van der Waals surface area contributed by atoms with Gasteiger partial charge >= 0.3 is 0 Å². The van der Waals surface area contributed by atoms with E-state index in [9.17, 15) is 5.11 Å². The van der Waals surface area contributed by atoms with Gasteiger partial charge in [0.15, 0.2) is 0 Å². The molecule has 0 fully saturated rings. The molecule has 2 N–H and O–H groups in total. The Balaban J connectivity index is 2.28. The number of aliphatic hydroxyl groups excluding tert-OH is 1. The van der Waals surface area contributed by atoms with Crippen molar-refractivity contribution < 1.29 is 9.52 Å². The van der Waals surface area contributed by atoms with Gasteiger partial charge in [-0.05, 0) is 24.1 Å². The maximum Gasteiger partial charge on any atom is 0.126 e. The summed E-state index contributed by atoms with van der Waals surface area (Å²) in [5, 5.41) is 12.5. The second-order valence-electron chi connectivity index (χ2n) is 4.00. The number of hydrogen-bond acceptors (Lipinski definition) is 3. The van der Waals surface area contributed by atoms with Crippen LogP contribution in [0.1, 0.15) is 26.0 Å². The molecule has 0 aromatic carbocycles. The Morgan fingerprint density at radius 1 is 1.56 bits per heavy atom. The van der Waals surface area contributed by atoms with Crippen molar-refractivity contribution in [1.29, 1.82) is 0 Å². The number of hydrogen-bond donors (Lipinski definition) is 2. The second kappa shape index (κ2) is 7.25. The molecule has 2 unspecified atom stereocenters. The molecular weight excluding hydrogens is 202 g/mol. The standard InChI is InChI=1S/C13H21NO2/c1-3-11(2)13(10-15)14-8-4-6-12-7-5-9-16-12/h4-7,9,11,13-15H,3,8,10H2,1-2H3/b6-4+. The Morgan fingerprint density at radius 3 is 2.94 bits per heavy atom. The molecule has 1 rings (SSSR count). The van der Waals surface area contributed by atoms with E-state index in [-0.39, 0.29) is 12.6 Å². The maximum absolute atomic E-state index is 9.21. The third kappa shape index (κ3) is 4.21. The van der Waals surface area contributed by atoms with Crippen molar-refractivity contribution in [3.8, 4) is 0 Å². The summed E-state index contributed by atoms with van der Waals surface area (Å²) in [6, 6.07) is 3.95. The van der Waals surface area contributed by atoms with Gasteiger partial charge < -0.3 is 14.8 Å². The average Bonchev–Trinajstić information content (AvgIpc) is 2.81. The Hall–Kier alpha value is -1.06. The predicted octanol–water partition coefficient (Wildman–Crippen LogP) is 2.29. The van der Waals surface area contributed by atoms with Crippen molar-refractivity contribution in [2.24, 2.45) is 5.92 Å². The molecule has 1 aromatic heterocycles. The Kier molecular flexibility index (Phi) is 5.90. The zero-order valence-corrected chi connectivity index (χ0v) is 10.0. The predicted molar refractivity (Wildman–Crippen MR) is 66.1 cm³/mol. The largest absolute Gasteiger partial charge is 0.465 e. The smallest absolute Gasteiger partial charge is 0.126 e. The SMILES string of the molecule is CCC(C)C(CO)NC/C=C/c1ccco1. The van der Waals surface area contributed by atoms with Gasteiger partial charge in [-0.3, -0.25) is 0 Å². The lowest BCUT2D eigenvalue weighted by Crippen LogP contribution is -2.37. The molecule has 3 heteroatoms. The van der Waals surface area contributed by atoms with Crippen molar-refractivity contribution in [2.45, 2.75) is 26.3 Å². The summed E-state index contributed by atoms with van der Waals surface area (Å²) < 4.78 is 5.17. The quantitative estimate of drug-likeness (QED) is 0.745. The lowest BCUT2D eigenvalue weighted by molar-refractivity contribution is 0.206. The highest BCUT2D eigenvalue weighted by atomic mass is 16.3. The summed E-state index contributed by atoms with van der Waals surface area (Å²) in [4.78, 5) is 0. The van der Waals surface area contributed by atoms with E-state index < -0.39 is 0 Å². The van der Waals surface area contributed by atoms with E-state index >= 15 is 0 Å². The van der Waals surface area contributed by atoms with Gasteiger partial charge in [0.05, 0.1) is 12.9 Å². The van der Waals surface area contributed by atoms with Gasteiger partial charge in [-0.2, -0.15) is 0 Å². The van der Waals surface area contributed by atoms with Crippen LogP contribution in [-0.2, 0) is 0 Å². The Bertz CT molecular complexity index is 293. The summed E-state index contributed by atoms with van der Waals surface area (Å²) in [5.74, 6) is 1.34. The Labute approximate surface area is 97.2 Å². The monoisotopic (exact) mass is 223 g/mol. The fraction of sp³-hybridized carbons (Fsp3) is 0.538. The molecule has 0 radical (unpaired) electrons. The minimum absolute atomic E-state index is 0.172. The van der Waals surface area contributed by atoms with Gasteiger partial charge in [-0.15, -0.1) is 0 Å². The first kappa shape index (κ1) is 13.0. The van der Waals surface area contributed by atoms with Gasteiger partial charge in [0.2, 0.25) is 0 Å². The van der Waals surface area contributed by atoms with Crippen molar-refractivity contribution >= 4 is 6.08 Å². The van der Waals surface area contributed by atoms with E-state index in [4.69, 9.17) is 4.42 Å². The molecule has 0 aliphatic heterocycles. The van der Waals surface area contributed by atoms with Crippen molar-refractivity contribution in [3.05, 3.63) is 30.2 Å². The first-order chi connectivity index (χ1) is 7.77. The third-order valence-corrected chi connectivity index (χ3v) is 2.85. The van der Waals surface area contributed by atoms with Gasteiger partial charge in [0.25, 0.3) is 0 Å². The van der Waals surface area contributed by atoms with Crippen LogP contribution in [0, 0.1) is 5.92 Å². The fourth-order valence-corrected chi connectivity index (χ4v) is 1.51. The van der Waals surface area contributed by atoms with Crippen molar-refractivity contribution in [1.82, 2.24) is 5.32 Å². The van der Waals surface area contributed by atoms with Crippen molar-refractivity contribution in [3.63, 3.8) is 0 Å². The lowest BCUT2D eigenvalue weighted by atomic mass is 10.00. The summed E-state index contributed by atoms with van der Waals surface area (Å²) in [6.07, 6.45) is 6.66. The first-order valence-electron chi connectivity index (χ1n) is 5.82. The molecule has 0 bridgehead atoms. The van der Waals surface area contributed by atoms with E-state index in [1.54, 1.807) is 6.26 Å². The van der Waals surface area contributed by atoms with Crippen LogP contribution >= 0.6 is 0 Å². The number of nitrogens with one attached hydrogen (secondary N) is 1. The molecule has 0 saturated heterocycles. The zero-order valence-electron chi connectivity index (χ0n) is 10.0. The van der Waals surface area contributed by atoms with Crippen LogP contribution in [-0.4, -0.2) is 24.3 Å². The van der Waals surface area contributed by atoms with Gasteiger partial charge in [-0.25, -0.2) is 0 Å². The molecular formula is C13H21NO2. The minimum Gasteiger partial charge on any atom is -0.465 e. The molecule has 90 valence electrons. The summed E-state index contributed by atoms with van der Waals surface area (Å²) in [7, 11) is 0. The van der Waals surface area contributed by atoms with Gasteiger partial charge in [0, 0.05) is 12.6 Å². The highest BCUT2D eigenvalue weighted by Crippen LogP contribution is 2.07. The van der Waals surface area contributed by atoms with Gasteiger partial charge in [-0.1, -0.05) is 26.3 Å². The van der Waals surface area contributed by atoms with E-state index in [0.717, 1.165) is 18.7 Å². The molecule has 0 aliphatic carbocycles. The average molecular weight is 223 g/mol. The molecule has 3 nitrogen and oxygen atoms in total. The molecule has 16 heavy (non-hydrogen) atoms. The second-order valence-corrected chi connectivity index (χ2v) is 4.00. The van der Waals surface area contributed by atoms with E-state index in [1.165, 1.54) is 0 Å². The summed E-state index contributed by atoms with van der Waals surface area (Å²) in [6.45, 7) is 5.21. The summed E-state index contributed by atoms with van der Waals surface area (Å²) in [5.41, 5.74) is 0. The van der Waals surface area contributed by atoms with Crippen LogP contribution in [0.2, 0.25) is 0 Å². The number of aliphatic hydroxyl groups is 1. The van der Waals surface area contributed by atoms with Crippen LogP contribution in [0.4, 0.5) is 0 Å². The van der Waals surface area contributed by atoms with Crippen molar-refractivity contribution in [2.75, 3.05) is 13.2 Å². The van der Waals surface area contributed by atoms with Crippen LogP contribution in [0.15, 0.2) is 28.9 Å². The fourth-order valence-electron chi connectivity index (χ4n) is 1.51. The highest BCUT2D eigenvalue weighted by Gasteiger charge is 2.12. The highest BCUT2D eigenvalue weighted by molar-refractivity contribution is 5.42. The van der Waals surface area contributed by atoms with Crippen LogP contribution in [0.25, 0.3) is 6.08 Å². The van der Waals surface area contributed by atoms with Gasteiger partial charge in [0.1, 0.15) is 5.76 Å². The lowest BCUT2D eigenvalue weighted by Gasteiger charge is -2.21. The molecule has 0 amide bonds. The van der Waals surface area contributed by atoms with E-state index in [1.807, 2.05) is 24.3 Å². The molecule has 0 saturated carbocycles. The molecule has 1 aromatic rings. The first-order valence-corrected chi connectivity index (χ1v) is 5.82. The normalized spacial score (nSPS) is 15.4. The van der Waals surface area contributed by atoms with E-state index in [0.29, 0.717) is 5.92 Å². The maximum atomic E-state index is 9.21. The third-order valence-electron chi connectivity index (χ3n) is 2.85. The Morgan fingerprint density at radius 2 is 2.38 bits per heavy atom. The summed E-state index contributed by atoms with van der Waals surface area (Å²) >= 11 is 0. The van der Waals surface area contributed by atoms with Crippen LogP contribution in [0.5, 0.6) is 0 Å². The molecule has 1 heterocycles. The number of rotatable bonds is 7. The minimum atomic E-state index is 0.172. The molecule has 0 spiro atoms. The van der Waals surface area contributed by atoms with E-state index in [2.05, 4.69) is 19.2 Å². The molecule has 0 aliphatic rings. The zero-order chi connectivity index (χ0) is 11.8. The van der Waals surface area contributed by atoms with Crippen LogP contribution < -0.4 is 5.32 Å². The van der Waals surface area contributed by atoms with Crippen LogP contribution in [0.3, 0.4) is 0 Å². The topological polar surface area (TPSA) is 45.4 Å². The molecule has 2 atom stereocenters.